The highest BCUT2D eigenvalue weighted by Gasteiger charge is 2.26. The lowest BCUT2D eigenvalue weighted by Crippen LogP contribution is -2.10. The van der Waals surface area contributed by atoms with E-state index >= 15 is 0 Å². The molecule has 0 amide bonds. The molecular weight excluding hydrogens is 404 g/mol. The molecule has 2 rings (SSSR count). The van der Waals surface area contributed by atoms with Gasteiger partial charge in [0, 0.05) is 22.7 Å². The molecule has 0 unspecified atom stereocenters. The van der Waals surface area contributed by atoms with E-state index in [1.807, 2.05) is 26.0 Å². The van der Waals surface area contributed by atoms with Crippen LogP contribution in [-0.2, 0) is 4.79 Å². The number of halogens is 1. The van der Waals surface area contributed by atoms with Crippen LogP contribution in [0.15, 0.2) is 18.2 Å². The summed E-state index contributed by atoms with van der Waals surface area (Å²) >= 11 is 6.30. The number of esters is 1. The van der Waals surface area contributed by atoms with Crippen molar-refractivity contribution in [1.29, 1.82) is 0 Å². The molecule has 0 heterocycles. The van der Waals surface area contributed by atoms with Crippen molar-refractivity contribution < 1.29 is 23.7 Å². The second kappa shape index (κ2) is 12.5. The van der Waals surface area contributed by atoms with Gasteiger partial charge in [-0.25, -0.2) is 0 Å². The number of carbonyl (C=O) groups excluding carboxylic acids is 1. The van der Waals surface area contributed by atoms with E-state index in [0.717, 1.165) is 37.5 Å². The van der Waals surface area contributed by atoms with Gasteiger partial charge in [-0.05, 0) is 37.5 Å². The summed E-state index contributed by atoms with van der Waals surface area (Å²) in [4.78, 5) is 11.9. The Bertz CT molecular complexity index is 834. The zero-order valence-corrected chi connectivity index (χ0v) is 19.3. The van der Waals surface area contributed by atoms with E-state index in [4.69, 9.17) is 30.5 Å². The first kappa shape index (κ1) is 24.1. The molecule has 0 bridgehead atoms. The van der Waals surface area contributed by atoms with Gasteiger partial charge in [-0.15, -0.1) is 0 Å². The quantitative estimate of drug-likeness (QED) is 0.193. The van der Waals surface area contributed by atoms with Gasteiger partial charge >= 0.3 is 5.97 Å². The topological polar surface area (TPSA) is 54.0 Å². The van der Waals surface area contributed by atoms with Crippen molar-refractivity contribution in [2.24, 2.45) is 0 Å². The van der Waals surface area contributed by atoms with E-state index in [-0.39, 0.29) is 0 Å². The Balaban J connectivity index is 2.64. The van der Waals surface area contributed by atoms with E-state index in [1.54, 1.807) is 6.07 Å². The van der Waals surface area contributed by atoms with E-state index in [2.05, 4.69) is 6.92 Å². The Morgan fingerprint density at radius 1 is 0.767 bits per heavy atom. The smallest absolute Gasteiger partial charge is 0.308 e. The highest BCUT2D eigenvalue weighted by atomic mass is 35.5. The highest BCUT2D eigenvalue weighted by Crippen LogP contribution is 2.52. The molecule has 0 radical (unpaired) electrons. The maximum absolute atomic E-state index is 11.9. The first-order valence-electron chi connectivity index (χ1n) is 10.9. The normalized spacial score (nSPS) is 10.8. The zero-order chi connectivity index (χ0) is 21.9. The Morgan fingerprint density at radius 3 is 2.00 bits per heavy atom. The third-order valence-corrected chi connectivity index (χ3v) is 4.72. The van der Waals surface area contributed by atoms with Crippen LogP contribution in [0.4, 0.5) is 0 Å². The number of rotatable bonds is 13. The molecule has 2 aromatic rings. The van der Waals surface area contributed by atoms with Gasteiger partial charge in [-0.3, -0.25) is 4.79 Å². The van der Waals surface area contributed by atoms with Crippen LogP contribution in [0.1, 0.15) is 66.2 Å². The summed E-state index contributed by atoms with van der Waals surface area (Å²) in [5.74, 6) is 1.36. The number of fused-ring (bicyclic) bond motifs is 1. The van der Waals surface area contributed by atoms with Crippen LogP contribution < -0.4 is 18.9 Å². The predicted molar refractivity (Wildman–Crippen MR) is 121 cm³/mol. The Kier molecular flexibility index (Phi) is 10.1. The molecule has 0 aliphatic heterocycles. The lowest BCUT2D eigenvalue weighted by Gasteiger charge is -2.22. The Morgan fingerprint density at radius 2 is 1.40 bits per heavy atom. The molecule has 166 valence electrons. The number of benzene rings is 2. The summed E-state index contributed by atoms with van der Waals surface area (Å²) in [5.41, 5.74) is 0. The second-order valence-electron chi connectivity index (χ2n) is 7.21. The molecule has 0 aliphatic carbocycles. The van der Waals surface area contributed by atoms with Crippen molar-refractivity contribution in [3.05, 3.63) is 23.2 Å². The maximum Gasteiger partial charge on any atom is 0.308 e. The standard InChI is InChI=1S/C24H33ClO5/c1-5-8-9-10-15-29-21-20-16-18(25)11-12-19(20)22(30-17(4)26)24(28-14-7-3)23(21)27-13-6-2/h11-12,16H,5-10,13-15H2,1-4H3. The molecule has 5 nitrogen and oxygen atoms in total. The summed E-state index contributed by atoms with van der Waals surface area (Å²) in [6.45, 7) is 9.11. The van der Waals surface area contributed by atoms with E-state index in [9.17, 15) is 4.79 Å². The minimum atomic E-state index is -0.428. The van der Waals surface area contributed by atoms with E-state index < -0.39 is 5.97 Å². The summed E-state index contributed by atoms with van der Waals surface area (Å²) < 4.78 is 23.9. The number of hydrogen-bond donors (Lipinski definition) is 0. The van der Waals surface area contributed by atoms with Gasteiger partial charge in [0.2, 0.25) is 11.5 Å². The van der Waals surface area contributed by atoms with Crippen LogP contribution in [0, 0.1) is 0 Å². The Labute approximate surface area is 184 Å². The molecule has 0 atom stereocenters. The first-order valence-corrected chi connectivity index (χ1v) is 11.3. The number of unbranched alkanes of at least 4 members (excludes halogenated alkanes) is 3. The lowest BCUT2D eigenvalue weighted by atomic mass is 10.1. The van der Waals surface area contributed by atoms with Crippen LogP contribution >= 0.6 is 11.6 Å². The number of carbonyl (C=O) groups is 1. The summed E-state index contributed by atoms with van der Waals surface area (Å²) in [6, 6.07) is 5.40. The minimum absolute atomic E-state index is 0.340. The zero-order valence-electron chi connectivity index (χ0n) is 18.5. The lowest BCUT2D eigenvalue weighted by molar-refractivity contribution is -0.131. The van der Waals surface area contributed by atoms with Gasteiger partial charge in [0.15, 0.2) is 11.5 Å². The molecule has 0 aromatic heterocycles. The summed E-state index contributed by atoms with van der Waals surface area (Å²) in [6.07, 6.45) is 6.00. The van der Waals surface area contributed by atoms with Gasteiger partial charge in [0.25, 0.3) is 0 Å². The summed E-state index contributed by atoms with van der Waals surface area (Å²) in [7, 11) is 0. The van der Waals surface area contributed by atoms with Gasteiger partial charge < -0.3 is 18.9 Å². The highest BCUT2D eigenvalue weighted by molar-refractivity contribution is 6.31. The van der Waals surface area contributed by atoms with E-state index in [0.29, 0.717) is 53.2 Å². The van der Waals surface area contributed by atoms with Gasteiger partial charge in [-0.2, -0.15) is 0 Å². The van der Waals surface area contributed by atoms with Crippen LogP contribution in [0.2, 0.25) is 5.02 Å². The third-order valence-electron chi connectivity index (χ3n) is 4.48. The molecule has 0 saturated heterocycles. The molecule has 0 saturated carbocycles. The monoisotopic (exact) mass is 436 g/mol. The van der Waals surface area contributed by atoms with Crippen LogP contribution in [0.5, 0.6) is 23.0 Å². The fourth-order valence-electron chi connectivity index (χ4n) is 3.12. The van der Waals surface area contributed by atoms with Gasteiger partial charge in [0.1, 0.15) is 0 Å². The van der Waals surface area contributed by atoms with E-state index in [1.165, 1.54) is 13.3 Å². The molecular formula is C24H33ClO5. The molecule has 2 aromatic carbocycles. The van der Waals surface area contributed by atoms with Crippen molar-refractivity contribution in [3.8, 4) is 23.0 Å². The number of ether oxygens (including phenoxy) is 4. The van der Waals surface area contributed by atoms with Gasteiger partial charge in [-0.1, -0.05) is 51.6 Å². The SMILES string of the molecule is CCCCCCOc1c(OCCC)c(OCCC)c(OC(C)=O)c2ccc(Cl)cc12. The van der Waals surface area contributed by atoms with Crippen molar-refractivity contribution in [2.75, 3.05) is 19.8 Å². The summed E-state index contributed by atoms with van der Waals surface area (Å²) in [5, 5.41) is 2.01. The number of hydrogen-bond acceptors (Lipinski definition) is 5. The molecule has 0 aliphatic rings. The largest absolute Gasteiger partial charge is 0.489 e. The fourth-order valence-corrected chi connectivity index (χ4v) is 3.29. The minimum Gasteiger partial charge on any atom is -0.489 e. The van der Waals surface area contributed by atoms with Crippen molar-refractivity contribution >= 4 is 28.3 Å². The average molecular weight is 437 g/mol. The van der Waals surface area contributed by atoms with Crippen molar-refractivity contribution in [1.82, 2.24) is 0 Å². The first-order chi connectivity index (χ1) is 14.5. The second-order valence-corrected chi connectivity index (χ2v) is 7.64. The van der Waals surface area contributed by atoms with Crippen molar-refractivity contribution in [2.45, 2.75) is 66.2 Å². The molecule has 30 heavy (non-hydrogen) atoms. The van der Waals surface area contributed by atoms with Crippen molar-refractivity contribution in [3.63, 3.8) is 0 Å². The van der Waals surface area contributed by atoms with Gasteiger partial charge in [0.05, 0.1) is 19.8 Å². The molecule has 0 spiro atoms. The third kappa shape index (κ3) is 6.43. The molecule has 0 N–H and O–H groups in total. The maximum atomic E-state index is 11.9. The van der Waals surface area contributed by atoms with Crippen LogP contribution in [-0.4, -0.2) is 25.8 Å². The van der Waals surface area contributed by atoms with Crippen LogP contribution in [0.25, 0.3) is 10.8 Å². The molecule has 0 fully saturated rings. The average Bonchev–Trinajstić information content (AvgIpc) is 2.72. The fraction of sp³-hybridized carbons (Fsp3) is 0.542. The van der Waals surface area contributed by atoms with Crippen LogP contribution in [0.3, 0.4) is 0 Å². The Hall–Kier alpha value is -2.14. The predicted octanol–water partition coefficient (Wildman–Crippen LogP) is 6.96. The molecule has 6 heteroatoms.